The van der Waals surface area contributed by atoms with Gasteiger partial charge in [-0.1, -0.05) is 23.7 Å². The van der Waals surface area contributed by atoms with Crippen molar-refractivity contribution in [2.24, 2.45) is 5.92 Å². The van der Waals surface area contributed by atoms with E-state index in [9.17, 15) is 14.4 Å². The van der Waals surface area contributed by atoms with E-state index >= 15 is 0 Å². The summed E-state index contributed by atoms with van der Waals surface area (Å²) in [6.07, 6.45) is 0.141. The minimum Gasteiger partial charge on any atom is -0.481 e. The van der Waals surface area contributed by atoms with E-state index in [1.165, 1.54) is 6.92 Å². The van der Waals surface area contributed by atoms with Gasteiger partial charge >= 0.3 is 5.97 Å². The lowest BCUT2D eigenvalue weighted by molar-refractivity contribution is -0.146. The fourth-order valence-corrected chi connectivity index (χ4v) is 2.66. The summed E-state index contributed by atoms with van der Waals surface area (Å²) in [5.74, 6) is -3.06. The van der Waals surface area contributed by atoms with Gasteiger partial charge < -0.3 is 15.3 Å². The Labute approximate surface area is 133 Å². The molecule has 1 aliphatic rings. The molecule has 0 bridgehead atoms. The van der Waals surface area contributed by atoms with Crippen molar-refractivity contribution in [1.29, 1.82) is 0 Å². The van der Waals surface area contributed by atoms with Gasteiger partial charge in [0.2, 0.25) is 11.8 Å². The number of rotatable bonds is 4. The van der Waals surface area contributed by atoms with E-state index in [1.54, 1.807) is 36.2 Å². The number of carbonyl (C=O) groups is 3. The van der Waals surface area contributed by atoms with Crippen LogP contribution in [0.25, 0.3) is 0 Å². The normalized spacial score (nSPS) is 22.5. The number of likely N-dealkylation sites (N-methyl/N-ethyl adjacent to an activating group) is 1. The van der Waals surface area contributed by atoms with Gasteiger partial charge in [-0.3, -0.25) is 14.4 Å². The fourth-order valence-electron chi connectivity index (χ4n) is 2.53. The Kier molecular flexibility index (Phi) is 4.71. The number of carbonyl (C=O) groups excluding carboxylic acids is 2. The third kappa shape index (κ3) is 3.22. The van der Waals surface area contributed by atoms with Gasteiger partial charge in [0, 0.05) is 18.5 Å². The highest BCUT2D eigenvalue weighted by molar-refractivity contribution is 6.30. The van der Waals surface area contributed by atoms with Crippen LogP contribution in [-0.4, -0.2) is 40.9 Å². The molecule has 1 fully saturated rings. The average Bonchev–Trinajstić information content (AvgIpc) is 2.74. The Bertz CT molecular complexity index is 602. The van der Waals surface area contributed by atoms with Gasteiger partial charge in [0.05, 0.1) is 12.1 Å². The Hall–Kier alpha value is -2.08. The van der Waals surface area contributed by atoms with Gasteiger partial charge in [-0.15, -0.1) is 0 Å². The zero-order chi connectivity index (χ0) is 16.4. The van der Waals surface area contributed by atoms with E-state index in [1.807, 2.05) is 0 Å². The molecule has 0 aliphatic carbocycles. The maximum atomic E-state index is 12.0. The van der Waals surface area contributed by atoms with Crippen molar-refractivity contribution < 1.29 is 19.5 Å². The number of likely N-dealkylation sites (tertiary alicyclic amines) is 1. The molecule has 3 atom stereocenters. The SMILES string of the molecule is C[C@H](C(=O)O)C(=O)N[C@H]1CC(=O)N(C)[C@H]1c1ccc(Cl)cc1. The first-order valence-electron chi connectivity index (χ1n) is 6.85. The predicted octanol–water partition coefficient (Wildman–Crippen LogP) is 1.45. The van der Waals surface area contributed by atoms with E-state index in [2.05, 4.69) is 5.32 Å². The minimum atomic E-state index is -1.20. The summed E-state index contributed by atoms with van der Waals surface area (Å²) in [6.45, 7) is 1.31. The number of aliphatic carboxylic acids is 1. The van der Waals surface area contributed by atoms with Crippen LogP contribution in [-0.2, 0) is 14.4 Å². The topological polar surface area (TPSA) is 86.7 Å². The maximum absolute atomic E-state index is 12.0. The summed E-state index contributed by atoms with van der Waals surface area (Å²) < 4.78 is 0. The first kappa shape index (κ1) is 16.3. The second-order valence-corrected chi connectivity index (χ2v) is 5.82. The van der Waals surface area contributed by atoms with E-state index < -0.39 is 23.8 Å². The molecule has 2 amide bonds. The van der Waals surface area contributed by atoms with Crippen LogP contribution in [0, 0.1) is 5.92 Å². The first-order chi connectivity index (χ1) is 10.3. The number of hydrogen-bond donors (Lipinski definition) is 2. The zero-order valence-electron chi connectivity index (χ0n) is 12.2. The third-order valence-electron chi connectivity index (χ3n) is 3.89. The van der Waals surface area contributed by atoms with Gasteiger partial charge in [-0.25, -0.2) is 0 Å². The first-order valence-corrected chi connectivity index (χ1v) is 7.23. The Morgan fingerprint density at radius 3 is 2.50 bits per heavy atom. The van der Waals surface area contributed by atoms with Gasteiger partial charge in [0.15, 0.2) is 0 Å². The summed E-state index contributed by atoms with van der Waals surface area (Å²) in [6, 6.07) is 6.21. The molecule has 1 aliphatic heterocycles. The molecule has 0 spiro atoms. The fraction of sp³-hybridized carbons (Fsp3) is 0.400. The Morgan fingerprint density at radius 1 is 1.36 bits per heavy atom. The van der Waals surface area contributed by atoms with Crippen LogP contribution in [0.3, 0.4) is 0 Å². The monoisotopic (exact) mass is 324 g/mol. The van der Waals surface area contributed by atoms with Crippen molar-refractivity contribution in [3.63, 3.8) is 0 Å². The molecular weight excluding hydrogens is 308 g/mol. The quantitative estimate of drug-likeness (QED) is 0.821. The van der Waals surface area contributed by atoms with Crippen LogP contribution in [0.1, 0.15) is 24.9 Å². The maximum Gasteiger partial charge on any atom is 0.315 e. The van der Waals surface area contributed by atoms with E-state index in [0.717, 1.165) is 5.56 Å². The van der Waals surface area contributed by atoms with Crippen LogP contribution in [0.5, 0.6) is 0 Å². The van der Waals surface area contributed by atoms with Gasteiger partial charge in [0.25, 0.3) is 0 Å². The highest BCUT2D eigenvalue weighted by atomic mass is 35.5. The second kappa shape index (κ2) is 6.36. The lowest BCUT2D eigenvalue weighted by atomic mass is 9.99. The molecule has 0 saturated carbocycles. The van der Waals surface area contributed by atoms with Crippen LogP contribution in [0.15, 0.2) is 24.3 Å². The Morgan fingerprint density at radius 2 is 1.95 bits per heavy atom. The molecule has 0 aromatic heterocycles. The largest absolute Gasteiger partial charge is 0.481 e. The number of amides is 2. The molecule has 0 unspecified atom stereocenters. The zero-order valence-corrected chi connectivity index (χ0v) is 13.0. The minimum absolute atomic E-state index is 0.103. The standard InChI is InChI=1S/C15H17ClN2O4/c1-8(15(21)22)14(20)17-11-7-12(19)18(2)13(11)9-3-5-10(16)6-4-9/h3-6,8,11,13H,7H2,1-2H3,(H,17,20)(H,21,22)/t8-,11-,13-/m0/s1. The lowest BCUT2D eigenvalue weighted by Gasteiger charge is -2.26. The second-order valence-electron chi connectivity index (χ2n) is 5.38. The average molecular weight is 325 g/mol. The number of hydrogen-bond acceptors (Lipinski definition) is 3. The predicted molar refractivity (Wildman–Crippen MR) is 80.3 cm³/mol. The molecule has 118 valence electrons. The molecule has 22 heavy (non-hydrogen) atoms. The molecule has 1 aromatic carbocycles. The Balaban J connectivity index is 2.21. The van der Waals surface area contributed by atoms with Gasteiger partial charge in [-0.2, -0.15) is 0 Å². The summed E-state index contributed by atoms with van der Waals surface area (Å²) in [4.78, 5) is 36.3. The van der Waals surface area contributed by atoms with E-state index in [-0.39, 0.29) is 18.4 Å². The third-order valence-corrected chi connectivity index (χ3v) is 4.14. The smallest absolute Gasteiger partial charge is 0.315 e. The van der Waals surface area contributed by atoms with Crippen molar-refractivity contribution in [2.75, 3.05) is 7.05 Å². The molecular formula is C15H17ClN2O4. The van der Waals surface area contributed by atoms with Crippen molar-refractivity contribution in [3.05, 3.63) is 34.9 Å². The van der Waals surface area contributed by atoms with Crippen LogP contribution < -0.4 is 5.32 Å². The van der Waals surface area contributed by atoms with Crippen molar-refractivity contribution in [1.82, 2.24) is 10.2 Å². The molecule has 2 rings (SSSR count). The highest BCUT2D eigenvalue weighted by Crippen LogP contribution is 2.32. The molecule has 2 N–H and O–H groups in total. The van der Waals surface area contributed by atoms with E-state index in [0.29, 0.717) is 5.02 Å². The molecule has 6 nitrogen and oxygen atoms in total. The molecule has 0 radical (unpaired) electrons. The number of benzene rings is 1. The summed E-state index contributed by atoms with van der Waals surface area (Å²) in [5.41, 5.74) is 0.839. The van der Waals surface area contributed by atoms with E-state index in [4.69, 9.17) is 16.7 Å². The summed E-state index contributed by atoms with van der Waals surface area (Å²) in [5, 5.41) is 12.1. The van der Waals surface area contributed by atoms with Crippen molar-refractivity contribution >= 4 is 29.4 Å². The summed E-state index contributed by atoms with van der Waals surface area (Å²) >= 11 is 5.86. The highest BCUT2D eigenvalue weighted by Gasteiger charge is 2.40. The molecule has 1 heterocycles. The lowest BCUT2D eigenvalue weighted by Crippen LogP contribution is -2.43. The van der Waals surface area contributed by atoms with Gasteiger partial charge in [-0.05, 0) is 24.6 Å². The van der Waals surface area contributed by atoms with Crippen LogP contribution in [0.2, 0.25) is 5.02 Å². The van der Waals surface area contributed by atoms with Crippen LogP contribution >= 0.6 is 11.6 Å². The number of halogens is 1. The summed E-state index contributed by atoms with van der Waals surface area (Å²) in [7, 11) is 1.66. The van der Waals surface area contributed by atoms with Crippen molar-refractivity contribution in [3.8, 4) is 0 Å². The molecule has 7 heteroatoms. The molecule has 1 saturated heterocycles. The number of carboxylic acid groups (broad SMARTS) is 1. The van der Waals surface area contributed by atoms with Gasteiger partial charge in [0.1, 0.15) is 5.92 Å². The van der Waals surface area contributed by atoms with Crippen molar-refractivity contribution in [2.45, 2.75) is 25.4 Å². The number of carboxylic acids is 1. The number of nitrogens with zero attached hydrogens (tertiary/aromatic N) is 1. The number of nitrogens with one attached hydrogen (secondary N) is 1. The molecule has 1 aromatic rings. The van der Waals surface area contributed by atoms with Crippen LogP contribution in [0.4, 0.5) is 0 Å².